The predicted octanol–water partition coefficient (Wildman–Crippen LogP) is 2.35. The Hall–Kier alpha value is -0.0800. The molecule has 1 aliphatic rings. The zero-order chi connectivity index (χ0) is 11.3. The Balaban J connectivity index is 2.30. The molecule has 1 saturated heterocycles. The lowest BCUT2D eigenvalue weighted by Crippen LogP contribution is -2.44. The molecule has 1 aliphatic heterocycles. The Kier molecular flexibility index (Phi) is 5.62. The third-order valence-electron chi connectivity index (χ3n) is 4.19. The number of piperidine rings is 1. The molecule has 0 bridgehead atoms. The summed E-state index contributed by atoms with van der Waals surface area (Å²) in [5.41, 5.74) is 0. The maximum atomic E-state index is 3.30. The van der Waals surface area contributed by atoms with Gasteiger partial charge in [0.1, 0.15) is 0 Å². The van der Waals surface area contributed by atoms with Gasteiger partial charge in [-0.1, -0.05) is 20.3 Å². The van der Waals surface area contributed by atoms with Crippen molar-refractivity contribution in [2.45, 2.75) is 46.1 Å². The first-order valence-corrected chi connectivity index (χ1v) is 6.57. The lowest BCUT2D eigenvalue weighted by atomic mass is 9.92. The Morgan fingerprint density at radius 3 is 2.33 bits per heavy atom. The molecule has 0 aromatic heterocycles. The highest BCUT2D eigenvalue weighted by Gasteiger charge is 2.24. The first-order chi connectivity index (χ1) is 7.19. The highest BCUT2D eigenvalue weighted by Crippen LogP contribution is 2.22. The highest BCUT2D eigenvalue weighted by molar-refractivity contribution is 4.79. The molecule has 1 rings (SSSR count). The van der Waals surface area contributed by atoms with E-state index in [9.17, 15) is 0 Å². The summed E-state index contributed by atoms with van der Waals surface area (Å²) in [5.74, 6) is 1.75. The molecule has 1 N–H and O–H groups in total. The smallest absolute Gasteiger partial charge is 0.00924 e. The molecule has 1 heterocycles. The average Bonchev–Trinajstić information content (AvgIpc) is 2.28. The van der Waals surface area contributed by atoms with Crippen LogP contribution in [0.1, 0.15) is 40.0 Å². The molecule has 0 aliphatic carbocycles. The standard InChI is InChI=1S/C13H28N2/c1-5-11(2)12(3)15-8-6-13(7-9-15)10-14-4/h11-14H,5-10H2,1-4H3. The summed E-state index contributed by atoms with van der Waals surface area (Å²) in [6, 6.07) is 0.769. The second-order valence-electron chi connectivity index (χ2n) is 5.16. The van der Waals surface area contributed by atoms with Gasteiger partial charge in [0.15, 0.2) is 0 Å². The number of nitrogens with zero attached hydrogens (tertiary/aromatic N) is 1. The van der Waals surface area contributed by atoms with E-state index in [1.54, 1.807) is 0 Å². The summed E-state index contributed by atoms with van der Waals surface area (Å²) < 4.78 is 0. The Bertz CT molecular complexity index is 162. The van der Waals surface area contributed by atoms with Gasteiger partial charge in [0.25, 0.3) is 0 Å². The zero-order valence-electron chi connectivity index (χ0n) is 10.9. The molecule has 0 aromatic carbocycles. The molecule has 2 unspecified atom stereocenters. The van der Waals surface area contributed by atoms with Gasteiger partial charge in [-0.05, 0) is 58.3 Å². The quantitative estimate of drug-likeness (QED) is 0.752. The first-order valence-electron chi connectivity index (χ1n) is 6.57. The maximum Gasteiger partial charge on any atom is 0.00924 e. The second-order valence-corrected chi connectivity index (χ2v) is 5.16. The van der Waals surface area contributed by atoms with Gasteiger partial charge in [-0.15, -0.1) is 0 Å². The summed E-state index contributed by atoms with van der Waals surface area (Å²) in [4.78, 5) is 2.68. The van der Waals surface area contributed by atoms with Gasteiger partial charge in [0.2, 0.25) is 0 Å². The Morgan fingerprint density at radius 2 is 1.87 bits per heavy atom. The van der Waals surface area contributed by atoms with Gasteiger partial charge < -0.3 is 10.2 Å². The van der Waals surface area contributed by atoms with Crippen molar-refractivity contribution in [1.29, 1.82) is 0 Å². The molecule has 15 heavy (non-hydrogen) atoms. The van der Waals surface area contributed by atoms with Crippen molar-refractivity contribution in [1.82, 2.24) is 10.2 Å². The molecule has 0 saturated carbocycles. The van der Waals surface area contributed by atoms with Crippen LogP contribution in [0.2, 0.25) is 0 Å². The predicted molar refractivity (Wildman–Crippen MR) is 67.1 cm³/mol. The van der Waals surface area contributed by atoms with Crippen molar-refractivity contribution in [3.05, 3.63) is 0 Å². The number of hydrogen-bond donors (Lipinski definition) is 1. The molecule has 90 valence electrons. The van der Waals surface area contributed by atoms with Crippen molar-refractivity contribution < 1.29 is 0 Å². The normalized spacial score (nSPS) is 24.0. The monoisotopic (exact) mass is 212 g/mol. The highest BCUT2D eigenvalue weighted by atomic mass is 15.2. The molecule has 0 spiro atoms. The Labute approximate surface area is 95.4 Å². The minimum atomic E-state index is 0.769. The van der Waals surface area contributed by atoms with E-state index in [1.165, 1.54) is 38.9 Å². The van der Waals surface area contributed by atoms with Crippen molar-refractivity contribution in [3.63, 3.8) is 0 Å². The van der Waals surface area contributed by atoms with Crippen molar-refractivity contribution in [3.8, 4) is 0 Å². The fraction of sp³-hybridized carbons (Fsp3) is 1.00. The van der Waals surface area contributed by atoms with Gasteiger partial charge in [0.05, 0.1) is 0 Å². The minimum Gasteiger partial charge on any atom is -0.319 e. The molecule has 2 heteroatoms. The van der Waals surface area contributed by atoms with Gasteiger partial charge in [0, 0.05) is 6.04 Å². The average molecular weight is 212 g/mol. The van der Waals surface area contributed by atoms with Crippen molar-refractivity contribution >= 4 is 0 Å². The number of rotatable bonds is 5. The summed E-state index contributed by atoms with van der Waals surface area (Å²) in [6.45, 7) is 10.9. The van der Waals surface area contributed by atoms with Crippen LogP contribution in [0.4, 0.5) is 0 Å². The maximum absolute atomic E-state index is 3.30. The van der Waals surface area contributed by atoms with Crippen LogP contribution in [0.5, 0.6) is 0 Å². The van der Waals surface area contributed by atoms with E-state index in [-0.39, 0.29) is 0 Å². The topological polar surface area (TPSA) is 15.3 Å². The van der Waals surface area contributed by atoms with E-state index in [1.807, 2.05) is 0 Å². The van der Waals surface area contributed by atoms with Crippen LogP contribution in [-0.4, -0.2) is 37.6 Å². The first kappa shape index (κ1) is 13.0. The van der Waals surface area contributed by atoms with Crippen LogP contribution in [0.15, 0.2) is 0 Å². The summed E-state index contributed by atoms with van der Waals surface area (Å²) in [5, 5.41) is 3.30. The van der Waals surface area contributed by atoms with Crippen LogP contribution in [0.3, 0.4) is 0 Å². The second kappa shape index (κ2) is 6.49. The van der Waals surface area contributed by atoms with E-state index in [0.29, 0.717) is 0 Å². The van der Waals surface area contributed by atoms with Crippen molar-refractivity contribution in [2.75, 3.05) is 26.7 Å². The largest absolute Gasteiger partial charge is 0.319 e. The van der Waals surface area contributed by atoms with Crippen LogP contribution in [0, 0.1) is 11.8 Å². The Morgan fingerprint density at radius 1 is 1.27 bits per heavy atom. The van der Waals surface area contributed by atoms with Gasteiger partial charge in [-0.2, -0.15) is 0 Å². The fourth-order valence-electron chi connectivity index (χ4n) is 2.55. The van der Waals surface area contributed by atoms with Gasteiger partial charge >= 0.3 is 0 Å². The fourth-order valence-corrected chi connectivity index (χ4v) is 2.55. The van der Waals surface area contributed by atoms with Gasteiger partial charge in [-0.25, -0.2) is 0 Å². The van der Waals surface area contributed by atoms with Crippen LogP contribution in [-0.2, 0) is 0 Å². The summed E-state index contributed by atoms with van der Waals surface area (Å²) >= 11 is 0. The molecule has 2 nitrogen and oxygen atoms in total. The van der Waals surface area contributed by atoms with E-state index < -0.39 is 0 Å². The van der Waals surface area contributed by atoms with E-state index in [2.05, 4.69) is 38.0 Å². The third kappa shape index (κ3) is 3.76. The number of hydrogen-bond acceptors (Lipinski definition) is 2. The molecule has 0 radical (unpaired) electrons. The summed E-state index contributed by atoms with van der Waals surface area (Å²) in [7, 11) is 2.06. The van der Waals surface area contributed by atoms with E-state index >= 15 is 0 Å². The van der Waals surface area contributed by atoms with Gasteiger partial charge in [-0.3, -0.25) is 0 Å². The summed E-state index contributed by atoms with van der Waals surface area (Å²) in [6.07, 6.45) is 4.06. The molecule has 0 amide bonds. The minimum absolute atomic E-state index is 0.769. The van der Waals surface area contributed by atoms with Crippen LogP contribution >= 0.6 is 0 Å². The lowest BCUT2D eigenvalue weighted by Gasteiger charge is -2.38. The number of nitrogens with one attached hydrogen (secondary N) is 1. The van der Waals surface area contributed by atoms with Crippen LogP contribution < -0.4 is 5.32 Å². The lowest BCUT2D eigenvalue weighted by molar-refractivity contribution is 0.108. The third-order valence-corrected chi connectivity index (χ3v) is 4.19. The molecule has 0 aromatic rings. The molecular weight excluding hydrogens is 184 g/mol. The molecule has 2 atom stereocenters. The molecule has 1 fully saturated rings. The zero-order valence-corrected chi connectivity index (χ0v) is 10.9. The molecular formula is C13H28N2. The van der Waals surface area contributed by atoms with E-state index in [4.69, 9.17) is 0 Å². The van der Waals surface area contributed by atoms with E-state index in [0.717, 1.165) is 17.9 Å². The SMILES string of the molecule is CCC(C)C(C)N1CCC(CNC)CC1. The van der Waals surface area contributed by atoms with Crippen molar-refractivity contribution in [2.24, 2.45) is 11.8 Å². The number of likely N-dealkylation sites (tertiary alicyclic amines) is 1. The van der Waals surface area contributed by atoms with Crippen LogP contribution in [0.25, 0.3) is 0 Å².